The minimum Gasteiger partial charge on any atom is -0.417 e. The van der Waals surface area contributed by atoms with E-state index in [0.29, 0.717) is 38.5 Å². The molecule has 0 spiro atoms. The molecule has 1 fully saturated rings. The van der Waals surface area contributed by atoms with Crippen molar-refractivity contribution in [2.45, 2.75) is 46.0 Å². The van der Waals surface area contributed by atoms with Gasteiger partial charge in [0.2, 0.25) is 11.8 Å². The van der Waals surface area contributed by atoms with Crippen LogP contribution < -0.4 is 0 Å². The highest BCUT2D eigenvalue weighted by Crippen LogP contribution is 2.14. The summed E-state index contributed by atoms with van der Waals surface area (Å²) < 4.78 is 5.39. The van der Waals surface area contributed by atoms with Crippen molar-refractivity contribution in [1.29, 1.82) is 0 Å². The second-order valence-corrected chi connectivity index (χ2v) is 5.88. The van der Waals surface area contributed by atoms with Gasteiger partial charge in [0.25, 0.3) is 0 Å². The molecule has 0 unspecified atom stereocenters. The van der Waals surface area contributed by atoms with Crippen molar-refractivity contribution >= 4 is 11.8 Å². The van der Waals surface area contributed by atoms with E-state index in [4.69, 9.17) is 4.42 Å². The summed E-state index contributed by atoms with van der Waals surface area (Å²) in [5, 5.41) is 7.70. The molecule has 0 bridgehead atoms. The van der Waals surface area contributed by atoms with Gasteiger partial charge < -0.3 is 14.2 Å². The number of hydrogen-bond donors (Lipinski definition) is 0. The first kappa shape index (κ1) is 16.5. The number of aromatic nitrogens is 2. The Kier molecular flexibility index (Phi) is 5.51. The quantitative estimate of drug-likeness (QED) is 0.826. The summed E-state index contributed by atoms with van der Waals surface area (Å²) in [6.07, 6.45) is 2.52. The fourth-order valence-electron chi connectivity index (χ4n) is 2.33. The van der Waals surface area contributed by atoms with E-state index in [0.717, 1.165) is 12.8 Å². The molecule has 0 N–H and O–H groups in total. The highest BCUT2D eigenvalue weighted by molar-refractivity contribution is 5.89. The van der Waals surface area contributed by atoms with Crippen molar-refractivity contribution in [3.8, 4) is 0 Å². The average molecular weight is 308 g/mol. The maximum Gasteiger partial charge on any atom is 0.311 e. The molecule has 0 aromatic carbocycles. The molecule has 2 rings (SSSR count). The average Bonchev–Trinajstić information content (AvgIpc) is 3.02. The first-order valence-electron chi connectivity index (χ1n) is 7.93. The van der Waals surface area contributed by atoms with E-state index in [1.165, 1.54) is 0 Å². The van der Waals surface area contributed by atoms with Crippen LogP contribution in [0.3, 0.4) is 0 Å². The molecule has 1 aromatic heterocycles. The zero-order valence-corrected chi connectivity index (χ0v) is 13.5. The number of amides is 2. The van der Waals surface area contributed by atoms with Crippen molar-refractivity contribution in [3.05, 3.63) is 11.8 Å². The van der Waals surface area contributed by atoms with Crippen LogP contribution in [0.1, 0.15) is 62.5 Å². The summed E-state index contributed by atoms with van der Waals surface area (Å²) in [4.78, 5) is 27.8. The van der Waals surface area contributed by atoms with Crippen molar-refractivity contribution < 1.29 is 14.0 Å². The van der Waals surface area contributed by atoms with Crippen molar-refractivity contribution in [2.24, 2.45) is 0 Å². The fraction of sp³-hybridized carbons (Fsp3) is 0.733. The van der Waals surface area contributed by atoms with Gasteiger partial charge in [0.15, 0.2) is 0 Å². The molecule has 7 nitrogen and oxygen atoms in total. The van der Waals surface area contributed by atoms with Gasteiger partial charge in [-0.3, -0.25) is 9.59 Å². The number of rotatable bonds is 5. The third-order valence-electron chi connectivity index (χ3n) is 3.78. The van der Waals surface area contributed by atoms with Crippen LogP contribution in [0.25, 0.3) is 0 Å². The first-order chi connectivity index (χ1) is 10.5. The van der Waals surface area contributed by atoms with Crippen LogP contribution in [-0.2, 0) is 4.79 Å². The largest absolute Gasteiger partial charge is 0.417 e. The molecule has 122 valence electrons. The van der Waals surface area contributed by atoms with Crippen LogP contribution in [0.2, 0.25) is 0 Å². The summed E-state index contributed by atoms with van der Waals surface area (Å²) in [6.45, 7) is 8.09. The van der Waals surface area contributed by atoms with Gasteiger partial charge in [-0.1, -0.05) is 27.2 Å². The molecular formula is C15H24N4O3. The van der Waals surface area contributed by atoms with E-state index in [-0.39, 0.29) is 23.6 Å². The zero-order chi connectivity index (χ0) is 16.1. The van der Waals surface area contributed by atoms with Crippen LogP contribution in [-0.4, -0.2) is 58.0 Å². The van der Waals surface area contributed by atoms with Crippen molar-refractivity contribution in [2.75, 3.05) is 26.2 Å². The minimum absolute atomic E-state index is 0.0365. The van der Waals surface area contributed by atoms with E-state index in [1.807, 2.05) is 18.7 Å². The smallest absolute Gasteiger partial charge is 0.311 e. The highest BCUT2D eigenvalue weighted by atomic mass is 16.4. The first-order valence-corrected chi connectivity index (χ1v) is 7.93. The molecular weight excluding hydrogens is 284 g/mol. The summed E-state index contributed by atoms with van der Waals surface area (Å²) in [7, 11) is 0. The monoisotopic (exact) mass is 308 g/mol. The molecule has 7 heteroatoms. The molecule has 1 aliphatic heterocycles. The molecule has 2 heterocycles. The number of carbonyl (C=O) groups is 2. The lowest BCUT2D eigenvalue weighted by Gasteiger charge is -2.34. The van der Waals surface area contributed by atoms with Gasteiger partial charge in [0, 0.05) is 38.5 Å². The maximum atomic E-state index is 12.3. The predicted octanol–water partition coefficient (Wildman–Crippen LogP) is 1.67. The SMILES string of the molecule is CCCCC(=O)N1CCN(C(=O)c2nnc(C(C)C)o2)CC1. The Bertz CT molecular complexity index is 519. The summed E-state index contributed by atoms with van der Waals surface area (Å²) >= 11 is 0. The Morgan fingerprint density at radius 1 is 1.14 bits per heavy atom. The van der Waals surface area contributed by atoms with Gasteiger partial charge in [0.1, 0.15) is 0 Å². The van der Waals surface area contributed by atoms with E-state index >= 15 is 0 Å². The van der Waals surface area contributed by atoms with E-state index < -0.39 is 0 Å². The number of unbranched alkanes of at least 4 members (excludes halogenated alkanes) is 1. The second kappa shape index (κ2) is 7.38. The van der Waals surface area contributed by atoms with E-state index in [1.54, 1.807) is 4.90 Å². The Labute approximate surface area is 130 Å². The molecule has 1 aliphatic rings. The van der Waals surface area contributed by atoms with Crippen LogP contribution in [0.4, 0.5) is 0 Å². The third-order valence-corrected chi connectivity index (χ3v) is 3.78. The fourth-order valence-corrected chi connectivity index (χ4v) is 2.33. The molecule has 0 radical (unpaired) electrons. The van der Waals surface area contributed by atoms with Gasteiger partial charge in [-0.2, -0.15) is 0 Å². The van der Waals surface area contributed by atoms with Crippen LogP contribution in [0.15, 0.2) is 4.42 Å². The molecule has 0 atom stereocenters. The van der Waals surface area contributed by atoms with Crippen LogP contribution in [0, 0.1) is 0 Å². The highest BCUT2D eigenvalue weighted by Gasteiger charge is 2.27. The Balaban J connectivity index is 1.88. The minimum atomic E-state index is -0.250. The molecule has 2 amide bonds. The van der Waals surface area contributed by atoms with Crippen LogP contribution >= 0.6 is 0 Å². The van der Waals surface area contributed by atoms with Crippen LogP contribution in [0.5, 0.6) is 0 Å². The lowest BCUT2D eigenvalue weighted by Crippen LogP contribution is -2.50. The Hall–Kier alpha value is -1.92. The predicted molar refractivity (Wildman–Crippen MR) is 80.4 cm³/mol. The van der Waals surface area contributed by atoms with Gasteiger partial charge in [-0.05, 0) is 6.42 Å². The van der Waals surface area contributed by atoms with Gasteiger partial charge in [0.05, 0.1) is 0 Å². The second-order valence-electron chi connectivity index (χ2n) is 5.88. The molecule has 0 saturated carbocycles. The van der Waals surface area contributed by atoms with Crippen molar-refractivity contribution in [1.82, 2.24) is 20.0 Å². The Morgan fingerprint density at radius 2 is 1.77 bits per heavy atom. The molecule has 1 saturated heterocycles. The third kappa shape index (κ3) is 3.84. The van der Waals surface area contributed by atoms with Crippen molar-refractivity contribution in [3.63, 3.8) is 0 Å². The number of carbonyl (C=O) groups excluding carboxylic acids is 2. The topological polar surface area (TPSA) is 79.5 Å². The van der Waals surface area contributed by atoms with Gasteiger partial charge >= 0.3 is 11.8 Å². The zero-order valence-electron chi connectivity index (χ0n) is 13.5. The lowest BCUT2D eigenvalue weighted by atomic mass is 10.2. The lowest BCUT2D eigenvalue weighted by molar-refractivity contribution is -0.132. The number of nitrogens with zero attached hydrogens (tertiary/aromatic N) is 4. The number of hydrogen-bond acceptors (Lipinski definition) is 5. The van der Waals surface area contributed by atoms with Gasteiger partial charge in [-0.25, -0.2) is 0 Å². The normalized spacial score (nSPS) is 15.5. The molecule has 0 aliphatic carbocycles. The van der Waals surface area contributed by atoms with Gasteiger partial charge in [-0.15, -0.1) is 10.2 Å². The molecule has 1 aromatic rings. The standard InChI is InChI=1S/C15H24N4O3/c1-4-5-6-12(20)18-7-9-19(10-8-18)15(21)14-17-16-13(22-14)11(2)3/h11H,4-10H2,1-3H3. The Morgan fingerprint density at radius 3 is 2.32 bits per heavy atom. The summed E-state index contributed by atoms with van der Waals surface area (Å²) in [5.74, 6) is 0.530. The number of piperazine rings is 1. The van der Waals surface area contributed by atoms with E-state index in [2.05, 4.69) is 17.1 Å². The molecule has 22 heavy (non-hydrogen) atoms. The van der Waals surface area contributed by atoms with E-state index in [9.17, 15) is 9.59 Å². The maximum absolute atomic E-state index is 12.3. The summed E-state index contributed by atoms with van der Waals surface area (Å²) in [6, 6.07) is 0. The summed E-state index contributed by atoms with van der Waals surface area (Å²) in [5.41, 5.74) is 0.